The zero-order chi connectivity index (χ0) is 22.4. The van der Waals surface area contributed by atoms with Gasteiger partial charge in [0, 0.05) is 11.3 Å². The zero-order valence-electron chi connectivity index (χ0n) is 17.6. The number of thioether (sulfide) groups is 1. The molecule has 1 aliphatic heterocycles. The summed E-state index contributed by atoms with van der Waals surface area (Å²) < 4.78 is -0.515. The summed E-state index contributed by atoms with van der Waals surface area (Å²) in [7, 11) is 0. The summed E-state index contributed by atoms with van der Waals surface area (Å²) in [5.41, 5.74) is 7.35. The topological polar surface area (TPSA) is 113 Å². The van der Waals surface area contributed by atoms with Gasteiger partial charge in [-0.05, 0) is 25.0 Å². The van der Waals surface area contributed by atoms with Crippen LogP contribution in [0.5, 0.6) is 0 Å². The molecule has 31 heavy (non-hydrogen) atoms. The van der Waals surface area contributed by atoms with Crippen LogP contribution < -0.4 is 21.7 Å². The van der Waals surface area contributed by atoms with Crippen LogP contribution in [0.15, 0.2) is 60.7 Å². The van der Waals surface area contributed by atoms with E-state index < -0.39 is 28.1 Å². The minimum atomic E-state index is -0.867. The van der Waals surface area contributed by atoms with Crippen LogP contribution in [-0.4, -0.2) is 39.9 Å². The van der Waals surface area contributed by atoms with Crippen LogP contribution in [0.25, 0.3) is 0 Å². The molecule has 0 spiro atoms. The molecule has 3 amide bonds. The van der Waals surface area contributed by atoms with Gasteiger partial charge in [-0.1, -0.05) is 60.7 Å². The number of hydrogen-bond acceptors (Lipinski definition) is 5. The predicted molar refractivity (Wildman–Crippen MR) is 122 cm³/mol. The summed E-state index contributed by atoms with van der Waals surface area (Å²) in [6.45, 7) is 4.13. The van der Waals surface area contributed by atoms with E-state index in [-0.39, 0.29) is 18.2 Å². The van der Waals surface area contributed by atoms with Crippen molar-refractivity contribution in [2.24, 2.45) is 5.73 Å². The van der Waals surface area contributed by atoms with Crippen molar-refractivity contribution in [3.63, 3.8) is 0 Å². The molecule has 0 aliphatic carbocycles. The Kier molecular flexibility index (Phi) is 7.35. The van der Waals surface area contributed by atoms with Gasteiger partial charge in [0.05, 0.1) is 11.8 Å². The Balaban J connectivity index is 1.73. The molecule has 0 aromatic heterocycles. The molecule has 0 radical (unpaired) electrons. The van der Waals surface area contributed by atoms with Crippen molar-refractivity contribution in [2.75, 3.05) is 0 Å². The molecule has 7 nitrogen and oxygen atoms in total. The second-order valence-electron chi connectivity index (χ2n) is 8.05. The monoisotopic (exact) mass is 440 g/mol. The molecule has 5 N–H and O–H groups in total. The van der Waals surface area contributed by atoms with Crippen LogP contribution in [-0.2, 0) is 27.3 Å². The number of carbonyl (C=O) groups is 3. The Morgan fingerprint density at radius 3 is 2.16 bits per heavy atom. The standard InChI is InChI=1S/C23H28N4O3S/c1-23(2)19(20(24)29)27-22(31-23)18(21(30)25-14-16-11-7-4-8-12-16)26-17(28)13-15-9-5-3-6-10-15/h3-12,18-19,22,27H,13-14H2,1-2H3,(H2,24,29)(H,25,30)(H,26,28)/t18-,19+,22-/m1/s1. The number of benzene rings is 2. The van der Waals surface area contributed by atoms with Crippen LogP contribution >= 0.6 is 11.8 Å². The van der Waals surface area contributed by atoms with E-state index in [1.807, 2.05) is 74.5 Å². The summed E-state index contributed by atoms with van der Waals surface area (Å²) in [6.07, 6.45) is 0.156. The van der Waals surface area contributed by atoms with Gasteiger partial charge < -0.3 is 16.4 Å². The first-order valence-electron chi connectivity index (χ1n) is 10.1. The molecule has 1 fully saturated rings. The molecular formula is C23H28N4O3S. The molecule has 0 saturated carbocycles. The zero-order valence-corrected chi connectivity index (χ0v) is 18.4. The average molecular weight is 441 g/mol. The Morgan fingerprint density at radius 1 is 1.03 bits per heavy atom. The summed E-state index contributed by atoms with van der Waals surface area (Å²) >= 11 is 1.42. The molecule has 3 atom stereocenters. The lowest BCUT2D eigenvalue weighted by atomic mass is 10.0. The van der Waals surface area contributed by atoms with Crippen molar-refractivity contribution in [1.29, 1.82) is 0 Å². The first kappa shape index (κ1) is 22.8. The average Bonchev–Trinajstić information content (AvgIpc) is 3.07. The van der Waals surface area contributed by atoms with Crippen LogP contribution in [0.3, 0.4) is 0 Å². The van der Waals surface area contributed by atoms with E-state index in [0.717, 1.165) is 11.1 Å². The summed E-state index contributed by atoms with van der Waals surface area (Å²) in [4.78, 5) is 37.7. The summed E-state index contributed by atoms with van der Waals surface area (Å²) in [5, 5.41) is 8.39. The molecule has 2 aromatic carbocycles. The molecule has 164 valence electrons. The Labute approximate surface area is 186 Å². The Hall–Kier alpha value is -2.84. The fraction of sp³-hybridized carbons (Fsp3) is 0.348. The molecular weight excluding hydrogens is 412 g/mol. The quantitative estimate of drug-likeness (QED) is 0.495. The first-order chi connectivity index (χ1) is 14.8. The van der Waals surface area contributed by atoms with Crippen molar-refractivity contribution >= 4 is 29.5 Å². The maximum absolute atomic E-state index is 13.1. The molecule has 1 saturated heterocycles. The molecule has 2 aromatic rings. The lowest BCUT2D eigenvalue weighted by Gasteiger charge is -2.25. The van der Waals surface area contributed by atoms with E-state index in [2.05, 4.69) is 16.0 Å². The number of amides is 3. The van der Waals surface area contributed by atoms with Gasteiger partial charge in [0.15, 0.2) is 0 Å². The maximum atomic E-state index is 13.1. The Morgan fingerprint density at radius 2 is 1.61 bits per heavy atom. The second kappa shape index (κ2) is 9.98. The lowest BCUT2D eigenvalue weighted by Crippen LogP contribution is -2.57. The minimum Gasteiger partial charge on any atom is -0.368 e. The van der Waals surface area contributed by atoms with Gasteiger partial charge in [-0.3, -0.25) is 19.7 Å². The molecule has 0 bridgehead atoms. The number of nitrogens with one attached hydrogen (secondary N) is 3. The largest absolute Gasteiger partial charge is 0.368 e. The summed E-state index contributed by atoms with van der Waals surface area (Å²) in [5.74, 6) is -1.08. The van der Waals surface area contributed by atoms with Crippen molar-refractivity contribution in [2.45, 2.75) is 49.0 Å². The number of nitrogens with two attached hydrogens (primary N) is 1. The normalized spacial score (nSPS) is 20.6. The molecule has 0 unspecified atom stereocenters. The number of primary amides is 1. The van der Waals surface area contributed by atoms with Gasteiger partial charge in [0.1, 0.15) is 12.1 Å². The Bertz CT molecular complexity index is 921. The lowest BCUT2D eigenvalue weighted by molar-refractivity contribution is -0.129. The third kappa shape index (κ3) is 6.08. The van der Waals surface area contributed by atoms with Gasteiger partial charge in [0.25, 0.3) is 0 Å². The van der Waals surface area contributed by atoms with E-state index in [0.29, 0.717) is 6.54 Å². The van der Waals surface area contributed by atoms with Gasteiger partial charge in [0.2, 0.25) is 17.7 Å². The van der Waals surface area contributed by atoms with Crippen molar-refractivity contribution in [3.05, 3.63) is 71.8 Å². The van der Waals surface area contributed by atoms with E-state index in [4.69, 9.17) is 5.73 Å². The molecule has 3 rings (SSSR count). The van der Waals surface area contributed by atoms with Crippen LogP contribution in [0.1, 0.15) is 25.0 Å². The smallest absolute Gasteiger partial charge is 0.245 e. The van der Waals surface area contributed by atoms with Crippen LogP contribution in [0.4, 0.5) is 0 Å². The minimum absolute atomic E-state index is 0.156. The van der Waals surface area contributed by atoms with Crippen LogP contribution in [0.2, 0.25) is 0 Å². The van der Waals surface area contributed by atoms with Gasteiger partial charge in [-0.25, -0.2) is 0 Å². The fourth-order valence-electron chi connectivity index (χ4n) is 3.56. The van der Waals surface area contributed by atoms with E-state index in [1.165, 1.54) is 11.8 Å². The van der Waals surface area contributed by atoms with Crippen molar-refractivity contribution < 1.29 is 14.4 Å². The fourth-order valence-corrected chi connectivity index (χ4v) is 5.07. The molecule has 1 aliphatic rings. The number of carbonyl (C=O) groups excluding carboxylic acids is 3. The highest BCUT2D eigenvalue weighted by atomic mass is 32.2. The van der Waals surface area contributed by atoms with Crippen molar-refractivity contribution in [1.82, 2.24) is 16.0 Å². The predicted octanol–water partition coefficient (Wildman–Crippen LogP) is 1.33. The van der Waals surface area contributed by atoms with Crippen LogP contribution in [0, 0.1) is 0 Å². The van der Waals surface area contributed by atoms with Crippen molar-refractivity contribution in [3.8, 4) is 0 Å². The maximum Gasteiger partial charge on any atom is 0.245 e. The third-order valence-corrected chi connectivity index (χ3v) is 6.67. The summed E-state index contributed by atoms with van der Waals surface area (Å²) in [6, 6.07) is 17.4. The van der Waals surface area contributed by atoms with E-state index in [9.17, 15) is 14.4 Å². The third-order valence-electron chi connectivity index (χ3n) is 5.16. The van der Waals surface area contributed by atoms with Gasteiger partial charge in [-0.2, -0.15) is 0 Å². The van der Waals surface area contributed by atoms with Gasteiger partial charge in [-0.15, -0.1) is 11.8 Å². The highest BCUT2D eigenvalue weighted by molar-refractivity contribution is 8.01. The molecule has 1 heterocycles. The number of rotatable bonds is 8. The first-order valence-corrected chi connectivity index (χ1v) is 11.0. The van der Waals surface area contributed by atoms with E-state index in [1.54, 1.807) is 0 Å². The van der Waals surface area contributed by atoms with Gasteiger partial charge >= 0.3 is 0 Å². The highest BCUT2D eigenvalue weighted by Gasteiger charge is 2.48. The van der Waals surface area contributed by atoms with E-state index >= 15 is 0 Å². The molecule has 8 heteroatoms. The second-order valence-corrected chi connectivity index (χ2v) is 9.85. The SMILES string of the molecule is CC1(C)S[C@H]([C@H](NC(=O)Cc2ccccc2)C(=O)NCc2ccccc2)N[C@H]1C(N)=O. The highest BCUT2D eigenvalue weighted by Crippen LogP contribution is 2.39. The number of hydrogen-bond donors (Lipinski definition) is 4.